The van der Waals surface area contributed by atoms with Gasteiger partial charge in [0.25, 0.3) is 0 Å². The molecule has 0 atom stereocenters. The first kappa shape index (κ1) is 18.1. The Balaban J connectivity index is 1.31. The molecule has 0 spiro atoms. The number of azo groups is 1. The molecule has 28 heavy (non-hydrogen) atoms. The summed E-state index contributed by atoms with van der Waals surface area (Å²) < 4.78 is 0. The van der Waals surface area contributed by atoms with E-state index in [0.717, 1.165) is 37.8 Å². The Hall–Kier alpha value is -3.28. The Labute approximate surface area is 166 Å². The number of rotatable bonds is 6. The summed E-state index contributed by atoms with van der Waals surface area (Å²) in [7, 11) is 4.16. The van der Waals surface area contributed by atoms with Crippen LogP contribution >= 0.6 is 0 Å². The zero-order chi connectivity index (χ0) is 19.3. The molecule has 2 aliphatic rings. The molecule has 2 heterocycles. The highest BCUT2D eigenvalue weighted by Crippen LogP contribution is 2.21. The highest BCUT2D eigenvalue weighted by Gasteiger charge is 2.09. The number of hydrogen-bond donors (Lipinski definition) is 0. The minimum Gasteiger partial charge on any atom is -0.362 e. The van der Waals surface area contributed by atoms with Gasteiger partial charge in [0, 0.05) is 52.0 Å². The van der Waals surface area contributed by atoms with Crippen molar-refractivity contribution < 1.29 is 0 Å². The predicted molar refractivity (Wildman–Crippen MR) is 112 cm³/mol. The quantitative estimate of drug-likeness (QED) is 0.700. The topological polar surface area (TPSA) is 37.7 Å². The van der Waals surface area contributed by atoms with Gasteiger partial charge in [0.2, 0.25) is 0 Å². The summed E-state index contributed by atoms with van der Waals surface area (Å²) in [5.74, 6) is 0. The van der Waals surface area contributed by atoms with Crippen LogP contribution in [0.3, 0.4) is 0 Å². The van der Waals surface area contributed by atoms with Crippen LogP contribution < -0.4 is 0 Å². The summed E-state index contributed by atoms with van der Waals surface area (Å²) in [6.45, 7) is 3.67. The zero-order valence-corrected chi connectivity index (χ0v) is 16.4. The SMILES string of the molecule is CN1C=CN(Cc2ccc(N=Nc3ccc(CN4C=CN(C)C4)cc3)cc2)C1. The maximum atomic E-state index is 4.37. The normalized spacial score (nSPS) is 16.2. The van der Waals surface area contributed by atoms with E-state index in [1.807, 2.05) is 24.3 Å². The first-order valence-corrected chi connectivity index (χ1v) is 9.49. The summed E-state index contributed by atoms with van der Waals surface area (Å²) in [6, 6.07) is 16.5. The van der Waals surface area contributed by atoms with E-state index in [2.05, 4.69) is 93.0 Å². The molecule has 0 saturated heterocycles. The highest BCUT2D eigenvalue weighted by atomic mass is 15.3. The van der Waals surface area contributed by atoms with Gasteiger partial charge in [-0.3, -0.25) is 0 Å². The molecule has 0 unspecified atom stereocenters. The van der Waals surface area contributed by atoms with Crippen molar-refractivity contribution in [3.63, 3.8) is 0 Å². The minimum atomic E-state index is 0.868. The van der Waals surface area contributed by atoms with Crippen LogP contribution in [0.1, 0.15) is 11.1 Å². The second kappa shape index (κ2) is 8.17. The Morgan fingerprint density at radius 1 is 0.607 bits per heavy atom. The summed E-state index contributed by atoms with van der Waals surface area (Å²) in [4.78, 5) is 8.87. The van der Waals surface area contributed by atoms with Gasteiger partial charge < -0.3 is 19.6 Å². The maximum absolute atomic E-state index is 4.37. The van der Waals surface area contributed by atoms with Crippen molar-refractivity contribution in [1.29, 1.82) is 0 Å². The van der Waals surface area contributed by atoms with E-state index >= 15 is 0 Å². The van der Waals surface area contributed by atoms with Crippen LogP contribution in [0.15, 0.2) is 83.6 Å². The molecule has 0 aromatic heterocycles. The number of nitrogens with zero attached hydrogens (tertiary/aromatic N) is 6. The van der Waals surface area contributed by atoms with Crippen molar-refractivity contribution >= 4 is 11.4 Å². The summed E-state index contributed by atoms with van der Waals surface area (Å²) in [5.41, 5.74) is 4.27. The van der Waals surface area contributed by atoms with Crippen molar-refractivity contribution in [1.82, 2.24) is 19.6 Å². The van der Waals surface area contributed by atoms with Crippen LogP contribution in [0.5, 0.6) is 0 Å². The molecule has 6 nitrogen and oxygen atoms in total. The zero-order valence-electron chi connectivity index (χ0n) is 16.4. The van der Waals surface area contributed by atoms with Gasteiger partial charge in [-0.25, -0.2) is 0 Å². The average molecular weight is 374 g/mol. The first-order chi connectivity index (χ1) is 13.6. The average Bonchev–Trinajstić information content (AvgIpc) is 3.30. The van der Waals surface area contributed by atoms with Gasteiger partial charge >= 0.3 is 0 Å². The summed E-state index contributed by atoms with van der Waals surface area (Å²) in [5, 5.41) is 8.73. The summed E-state index contributed by atoms with van der Waals surface area (Å²) in [6.07, 6.45) is 8.42. The second-order valence-corrected chi connectivity index (χ2v) is 7.42. The molecule has 2 aliphatic heterocycles. The highest BCUT2D eigenvalue weighted by molar-refractivity contribution is 5.42. The molecule has 0 saturated carbocycles. The lowest BCUT2D eigenvalue weighted by molar-refractivity contribution is 0.291. The van der Waals surface area contributed by atoms with E-state index in [1.54, 1.807) is 0 Å². The van der Waals surface area contributed by atoms with Gasteiger partial charge in [0.05, 0.1) is 24.7 Å². The third kappa shape index (κ3) is 4.71. The van der Waals surface area contributed by atoms with Crippen molar-refractivity contribution in [2.75, 3.05) is 27.4 Å². The van der Waals surface area contributed by atoms with Gasteiger partial charge in [-0.1, -0.05) is 24.3 Å². The van der Waals surface area contributed by atoms with Gasteiger partial charge in [-0.15, -0.1) is 0 Å². The molecule has 2 aromatic rings. The Morgan fingerprint density at radius 3 is 1.32 bits per heavy atom. The van der Waals surface area contributed by atoms with Crippen LogP contribution in [0.4, 0.5) is 11.4 Å². The van der Waals surface area contributed by atoms with Gasteiger partial charge in [-0.2, -0.15) is 10.2 Å². The van der Waals surface area contributed by atoms with Crippen molar-refractivity contribution in [3.05, 3.63) is 84.5 Å². The van der Waals surface area contributed by atoms with Gasteiger partial charge in [0.1, 0.15) is 0 Å². The van der Waals surface area contributed by atoms with Crippen molar-refractivity contribution in [2.45, 2.75) is 13.1 Å². The van der Waals surface area contributed by atoms with E-state index in [0.29, 0.717) is 0 Å². The molecule has 144 valence electrons. The third-order valence-corrected chi connectivity index (χ3v) is 4.80. The minimum absolute atomic E-state index is 0.868. The molecular weight excluding hydrogens is 348 g/mol. The molecule has 0 aliphatic carbocycles. The molecule has 4 rings (SSSR count). The fraction of sp³-hybridized carbons (Fsp3) is 0.273. The fourth-order valence-corrected chi connectivity index (χ4v) is 3.30. The summed E-state index contributed by atoms with van der Waals surface area (Å²) >= 11 is 0. The standard InChI is InChI=1S/C22H26N6/c1-25-11-13-27(17-25)15-19-3-7-21(8-4-19)23-24-22-9-5-20(6-10-22)16-28-14-12-26(2)18-28/h3-14H,15-18H2,1-2H3. The lowest BCUT2D eigenvalue weighted by Gasteiger charge is -2.18. The molecular formula is C22H26N6. The molecule has 0 N–H and O–H groups in total. The third-order valence-electron chi connectivity index (χ3n) is 4.80. The number of benzene rings is 2. The van der Waals surface area contributed by atoms with Crippen LogP contribution in [-0.4, -0.2) is 47.0 Å². The van der Waals surface area contributed by atoms with E-state index in [4.69, 9.17) is 0 Å². The predicted octanol–water partition coefficient (Wildman–Crippen LogP) is 4.45. The molecule has 2 aromatic carbocycles. The second-order valence-electron chi connectivity index (χ2n) is 7.42. The Kier molecular flexibility index (Phi) is 5.28. The van der Waals surface area contributed by atoms with Crippen molar-refractivity contribution in [2.24, 2.45) is 10.2 Å². The van der Waals surface area contributed by atoms with Crippen LogP contribution in [0.25, 0.3) is 0 Å². The van der Waals surface area contributed by atoms with E-state index in [-0.39, 0.29) is 0 Å². The van der Waals surface area contributed by atoms with E-state index in [1.165, 1.54) is 11.1 Å². The van der Waals surface area contributed by atoms with E-state index in [9.17, 15) is 0 Å². The van der Waals surface area contributed by atoms with Gasteiger partial charge in [0.15, 0.2) is 0 Å². The molecule has 0 radical (unpaired) electrons. The largest absolute Gasteiger partial charge is 0.362 e. The lowest BCUT2D eigenvalue weighted by atomic mass is 10.2. The number of hydrogen-bond acceptors (Lipinski definition) is 6. The molecule has 0 amide bonds. The van der Waals surface area contributed by atoms with Gasteiger partial charge in [-0.05, 0) is 35.4 Å². The molecule has 0 fully saturated rings. The monoisotopic (exact) mass is 374 g/mol. The lowest BCUT2D eigenvalue weighted by Crippen LogP contribution is -2.21. The maximum Gasteiger partial charge on any atom is 0.0894 e. The smallest absolute Gasteiger partial charge is 0.0894 e. The molecule has 0 bridgehead atoms. The Bertz CT molecular complexity index is 795. The van der Waals surface area contributed by atoms with Crippen LogP contribution in [0.2, 0.25) is 0 Å². The molecule has 6 heteroatoms. The fourth-order valence-electron chi connectivity index (χ4n) is 3.30. The van der Waals surface area contributed by atoms with Crippen LogP contribution in [-0.2, 0) is 13.1 Å². The van der Waals surface area contributed by atoms with Crippen LogP contribution in [0, 0.1) is 0 Å². The first-order valence-electron chi connectivity index (χ1n) is 9.49. The Morgan fingerprint density at radius 2 is 1.00 bits per heavy atom. The van der Waals surface area contributed by atoms with E-state index < -0.39 is 0 Å². The van der Waals surface area contributed by atoms with Crippen molar-refractivity contribution in [3.8, 4) is 0 Å².